The zero-order valence-electron chi connectivity index (χ0n) is 15.5. The van der Waals surface area contributed by atoms with Gasteiger partial charge in [-0.05, 0) is 54.9 Å². The van der Waals surface area contributed by atoms with Crippen molar-refractivity contribution in [2.45, 2.75) is 12.8 Å². The molecule has 2 N–H and O–H groups in total. The van der Waals surface area contributed by atoms with E-state index in [1.165, 1.54) is 19.4 Å². The van der Waals surface area contributed by atoms with Gasteiger partial charge in [0.15, 0.2) is 16.6 Å². The molecule has 1 aliphatic rings. The molecule has 10 heteroatoms. The number of rotatable bonds is 7. The van der Waals surface area contributed by atoms with Gasteiger partial charge in [0, 0.05) is 6.07 Å². The van der Waals surface area contributed by atoms with Crippen LogP contribution in [0.15, 0.2) is 47.6 Å². The minimum Gasteiger partial charge on any atom is -0.493 e. The normalized spacial score (nSPS) is 13.0. The molecule has 0 radical (unpaired) electrons. The third-order valence-corrected chi connectivity index (χ3v) is 4.23. The van der Waals surface area contributed by atoms with Crippen molar-refractivity contribution < 1.29 is 19.2 Å². The Labute approximate surface area is 171 Å². The highest BCUT2D eigenvalue weighted by Gasteiger charge is 2.32. The number of nitrogens with one attached hydrogen (secondary N) is 2. The second-order valence-electron chi connectivity index (χ2n) is 6.20. The van der Waals surface area contributed by atoms with Crippen LogP contribution in [0.1, 0.15) is 18.4 Å². The summed E-state index contributed by atoms with van der Waals surface area (Å²) in [5.41, 5.74) is 3.43. The smallest absolute Gasteiger partial charge is 0.314 e. The number of carbonyl (C=O) groups excluding carboxylic acids is 1. The largest absolute Gasteiger partial charge is 0.493 e. The van der Waals surface area contributed by atoms with Gasteiger partial charge in [-0.2, -0.15) is 5.10 Å². The molecule has 0 aromatic heterocycles. The van der Waals surface area contributed by atoms with E-state index in [1.807, 2.05) is 0 Å². The lowest BCUT2D eigenvalue weighted by atomic mass is 10.2. The van der Waals surface area contributed by atoms with Crippen molar-refractivity contribution in [3.8, 4) is 11.5 Å². The Kier molecular flexibility index (Phi) is 6.35. The van der Waals surface area contributed by atoms with Crippen molar-refractivity contribution in [2.75, 3.05) is 12.4 Å². The Morgan fingerprint density at radius 1 is 1.28 bits per heavy atom. The summed E-state index contributed by atoms with van der Waals surface area (Å²) < 4.78 is 10.6. The maximum atomic E-state index is 11.8. The second-order valence-corrected chi connectivity index (χ2v) is 6.61. The van der Waals surface area contributed by atoms with Gasteiger partial charge in [0.2, 0.25) is 0 Å². The van der Waals surface area contributed by atoms with Gasteiger partial charge in [0.25, 0.3) is 5.69 Å². The number of hydrogen-bond acceptors (Lipinski definition) is 7. The molecule has 1 aliphatic carbocycles. The Bertz CT molecular complexity index is 975. The van der Waals surface area contributed by atoms with Gasteiger partial charge >= 0.3 is 5.97 Å². The fourth-order valence-corrected chi connectivity index (χ4v) is 2.58. The minimum absolute atomic E-state index is 0.0147. The number of hydrazone groups is 1. The molecule has 0 bridgehead atoms. The lowest BCUT2D eigenvalue weighted by Gasteiger charge is -2.09. The topological polar surface area (TPSA) is 115 Å². The van der Waals surface area contributed by atoms with E-state index in [0.29, 0.717) is 17.1 Å². The van der Waals surface area contributed by atoms with Gasteiger partial charge < -0.3 is 14.8 Å². The zero-order chi connectivity index (χ0) is 20.8. The fraction of sp³-hybridized carbons (Fsp3) is 0.211. The summed E-state index contributed by atoms with van der Waals surface area (Å²) >= 11 is 5.10. The van der Waals surface area contributed by atoms with Gasteiger partial charge in [-0.25, -0.2) is 0 Å². The van der Waals surface area contributed by atoms with Crippen LogP contribution in [-0.4, -0.2) is 29.3 Å². The standard InChI is InChI=1S/C19H18N4O5S/c1-27-17-10-12(6-9-16(17)28-18(24)13-7-8-13)11-20-22-19(29)21-14-4-2-3-5-15(14)23(25)26/h2-6,9-11,13H,7-8H2,1H3,(H2,21,22,29)/b20-11-. The number of nitro benzene ring substituents is 1. The van der Waals surface area contributed by atoms with Crippen molar-refractivity contribution in [2.24, 2.45) is 11.0 Å². The SMILES string of the molecule is COc1cc(/C=N\NC(=S)Nc2ccccc2[N+](=O)[O-])ccc1OC(=O)C1CC1. The van der Waals surface area contributed by atoms with Crippen molar-refractivity contribution in [3.63, 3.8) is 0 Å². The van der Waals surface area contributed by atoms with E-state index in [9.17, 15) is 14.9 Å². The summed E-state index contributed by atoms with van der Waals surface area (Å²) in [5, 5.41) is 17.9. The molecule has 29 heavy (non-hydrogen) atoms. The molecular weight excluding hydrogens is 396 g/mol. The van der Waals surface area contributed by atoms with Gasteiger partial charge in [-0.15, -0.1) is 0 Å². The molecule has 0 spiro atoms. The highest BCUT2D eigenvalue weighted by Crippen LogP contribution is 2.34. The number of esters is 1. The number of thiocarbonyl (C=S) groups is 1. The first kappa shape index (κ1) is 20.2. The minimum atomic E-state index is -0.502. The van der Waals surface area contributed by atoms with Crippen LogP contribution in [0.2, 0.25) is 0 Å². The van der Waals surface area contributed by atoms with Crippen LogP contribution in [0.25, 0.3) is 0 Å². The Morgan fingerprint density at radius 2 is 2.03 bits per heavy atom. The predicted molar refractivity (Wildman–Crippen MR) is 111 cm³/mol. The molecule has 1 fully saturated rings. The highest BCUT2D eigenvalue weighted by atomic mass is 32.1. The number of carbonyl (C=O) groups is 1. The van der Waals surface area contributed by atoms with Crippen LogP contribution < -0.4 is 20.2 Å². The van der Waals surface area contributed by atoms with Gasteiger partial charge in [0.1, 0.15) is 5.69 Å². The van der Waals surface area contributed by atoms with Crippen LogP contribution in [-0.2, 0) is 4.79 Å². The maximum absolute atomic E-state index is 11.8. The lowest BCUT2D eigenvalue weighted by Crippen LogP contribution is -2.24. The van der Waals surface area contributed by atoms with Crippen molar-refractivity contribution in [1.29, 1.82) is 0 Å². The number of hydrogen-bond donors (Lipinski definition) is 2. The van der Waals surface area contributed by atoms with Crippen LogP contribution in [0.5, 0.6) is 11.5 Å². The molecule has 2 aromatic rings. The summed E-state index contributed by atoms with van der Waals surface area (Å²) in [7, 11) is 1.48. The first-order valence-electron chi connectivity index (χ1n) is 8.71. The van der Waals surface area contributed by atoms with E-state index in [-0.39, 0.29) is 28.4 Å². The van der Waals surface area contributed by atoms with Gasteiger partial charge in [0.05, 0.1) is 24.2 Å². The number of nitrogens with zero attached hydrogens (tertiary/aromatic N) is 2. The molecule has 3 rings (SSSR count). The van der Waals surface area contributed by atoms with E-state index in [2.05, 4.69) is 15.8 Å². The molecule has 1 saturated carbocycles. The molecule has 0 atom stereocenters. The lowest BCUT2D eigenvalue weighted by molar-refractivity contribution is -0.383. The summed E-state index contributed by atoms with van der Waals surface area (Å²) in [5.74, 6) is 0.489. The highest BCUT2D eigenvalue weighted by molar-refractivity contribution is 7.80. The summed E-state index contributed by atoms with van der Waals surface area (Å²) in [6, 6.07) is 11.1. The molecule has 0 heterocycles. The predicted octanol–water partition coefficient (Wildman–Crippen LogP) is 3.24. The molecule has 150 valence electrons. The molecule has 9 nitrogen and oxygen atoms in total. The monoisotopic (exact) mass is 414 g/mol. The average Bonchev–Trinajstić information content (AvgIpc) is 3.54. The molecule has 0 aliphatic heterocycles. The average molecular weight is 414 g/mol. The molecule has 0 amide bonds. The number of anilines is 1. The maximum Gasteiger partial charge on any atom is 0.314 e. The van der Waals surface area contributed by atoms with Crippen molar-refractivity contribution in [3.05, 3.63) is 58.1 Å². The fourth-order valence-electron chi connectivity index (χ4n) is 2.41. The van der Waals surface area contributed by atoms with Crippen LogP contribution in [0.3, 0.4) is 0 Å². The number of methoxy groups -OCH3 is 1. The quantitative estimate of drug-likeness (QED) is 0.177. The molecule has 0 saturated heterocycles. The first-order chi connectivity index (χ1) is 14.0. The third-order valence-electron chi connectivity index (χ3n) is 4.04. The third kappa shape index (κ3) is 5.48. The van der Waals surface area contributed by atoms with E-state index in [1.54, 1.807) is 36.4 Å². The summed E-state index contributed by atoms with van der Waals surface area (Å²) in [4.78, 5) is 22.3. The van der Waals surface area contributed by atoms with Crippen LogP contribution >= 0.6 is 12.2 Å². The number of ether oxygens (including phenoxy) is 2. The van der Waals surface area contributed by atoms with Gasteiger partial charge in [-0.3, -0.25) is 20.3 Å². The van der Waals surface area contributed by atoms with E-state index < -0.39 is 4.92 Å². The molecule has 2 aromatic carbocycles. The van der Waals surface area contributed by atoms with E-state index in [0.717, 1.165) is 12.8 Å². The Morgan fingerprint density at radius 3 is 2.72 bits per heavy atom. The Hall–Kier alpha value is -3.53. The van der Waals surface area contributed by atoms with Crippen LogP contribution in [0, 0.1) is 16.0 Å². The van der Waals surface area contributed by atoms with Crippen molar-refractivity contribution in [1.82, 2.24) is 5.43 Å². The molecular formula is C19H18N4O5S. The first-order valence-corrected chi connectivity index (χ1v) is 9.12. The number of benzene rings is 2. The van der Waals surface area contributed by atoms with E-state index >= 15 is 0 Å². The zero-order valence-corrected chi connectivity index (χ0v) is 16.3. The summed E-state index contributed by atoms with van der Waals surface area (Å²) in [6.07, 6.45) is 3.21. The van der Waals surface area contributed by atoms with Crippen molar-refractivity contribution >= 4 is 40.9 Å². The van der Waals surface area contributed by atoms with Gasteiger partial charge in [-0.1, -0.05) is 12.1 Å². The molecule has 0 unspecified atom stereocenters. The van der Waals surface area contributed by atoms with Crippen LogP contribution in [0.4, 0.5) is 11.4 Å². The van der Waals surface area contributed by atoms with E-state index in [4.69, 9.17) is 21.7 Å². The Balaban J connectivity index is 1.60. The number of para-hydroxylation sites is 2. The summed E-state index contributed by atoms with van der Waals surface area (Å²) in [6.45, 7) is 0. The second kappa shape index (κ2) is 9.11. The number of nitro groups is 1.